The van der Waals surface area contributed by atoms with E-state index in [1.165, 1.54) is 19.2 Å². The smallest absolute Gasteiger partial charge is 0.430 e. The molecule has 0 spiro atoms. The largest absolute Gasteiger partial charge is 0.493 e. The molecule has 39 heavy (non-hydrogen) atoms. The van der Waals surface area contributed by atoms with Gasteiger partial charge < -0.3 is 14.6 Å². The van der Waals surface area contributed by atoms with E-state index in [9.17, 15) is 36.2 Å². The number of aliphatic hydroxyl groups is 1. The number of halogens is 6. The van der Waals surface area contributed by atoms with Crippen molar-refractivity contribution in [1.29, 1.82) is 0 Å². The molecule has 12 heteroatoms. The molecule has 0 radical (unpaired) electrons. The Bertz CT molecular complexity index is 1520. The maximum absolute atomic E-state index is 13.7. The minimum absolute atomic E-state index is 0.0513. The average Bonchev–Trinajstić information content (AvgIpc) is 2.88. The topological polar surface area (TPSA) is 73.6 Å². The third-order valence-corrected chi connectivity index (χ3v) is 6.09. The first-order valence-corrected chi connectivity index (χ1v) is 11.6. The predicted octanol–water partition coefficient (Wildman–Crippen LogP) is 5.70. The molecule has 0 bridgehead atoms. The van der Waals surface area contributed by atoms with Crippen LogP contribution in [0, 0.1) is 0 Å². The summed E-state index contributed by atoms with van der Waals surface area (Å²) in [5.41, 5.74) is -6.23. The fourth-order valence-electron chi connectivity index (χ4n) is 4.17. The van der Waals surface area contributed by atoms with E-state index in [0.29, 0.717) is 17.9 Å². The fraction of sp³-hybridized carbons (Fsp3) is 0.259. The number of aromatic nitrogens is 2. The van der Waals surface area contributed by atoms with Crippen molar-refractivity contribution in [2.24, 2.45) is 0 Å². The molecule has 1 heterocycles. The predicted molar refractivity (Wildman–Crippen MR) is 130 cm³/mol. The third kappa shape index (κ3) is 5.03. The molecule has 0 fully saturated rings. The first-order chi connectivity index (χ1) is 18.3. The van der Waals surface area contributed by atoms with Crippen LogP contribution in [0.3, 0.4) is 0 Å². The highest BCUT2D eigenvalue weighted by atomic mass is 19.4. The maximum Gasteiger partial charge on any atom is 0.430 e. The summed E-state index contributed by atoms with van der Waals surface area (Å²) >= 11 is 0. The standard InChI is InChI=1S/C27H22F6N2O4/c1-3-39-22-14-19-20(15-21(22)38-2)34-23(13-16-7-5-4-6-8-16)35(24(19)36)18-11-9-17(10-12-18)25(37,26(28,29)30)27(31,32)33/h4-12,14-15,37H,3,13H2,1-2H3. The number of ether oxygens (including phenoxy) is 2. The monoisotopic (exact) mass is 552 g/mol. The highest BCUT2D eigenvalue weighted by Gasteiger charge is 2.71. The van der Waals surface area contributed by atoms with Crippen LogP contribution in [0.15, 0.2) is 71.5 Å². The summed E-state index contributed by atoms with van der Waals surface area (Å²) < 4.78 is 92.1. The van der Waals surface area contributed by atoms with Crippen LogP contribution in [0.25, 0.3) is 16.6 Å². The molecule has 0 saturated heterocycles. The van der Waals surface area contributed by atoms with Gasteiger partial charge in [0.15, 0.2) is 11.5 Å². The summed E-state index contributed by atoms with van der Waals surface area (Å²) in [6.07, 6.45) is -12.0. The molecule has 0 unspecified atom stereocenters. The summed E-state index contributed by atoms with van der Waals surface area (Å²) in [4.78, 5) is 18.3. The SMILES string of the molecule is CCOc1cc2c(=O)n(-c3ccc(C(O)(C(F)(F)F)C(F)(F)F)cc3)c(Cc3ccccc3)nc2cc1OC. The van der Waals surface area contributed by atoms with Gasteiger partial charge >= 0.3 is 12.4 Å². The summed E-state index contributed by atoms with van der Waals surface area (Å²) in [7, 11) is 1.42. The van der Waals surface area contributed by atoms with E-state index in [0.717, 1.165) is 22.3 Å². The Morgan fingerprint density at radius 2 is 1.51 bits per heavy atom. The van der Waals surface area contributed by atoms with Crippen LogP contribution in [-0.4, -0.2) is 40.7 Å². The number of rotatable bonds is 7. The van der Waals surface area contributed by atoms with E-state index in [1.54, 1.807) is 37.3 Å². The number of methoxy groups -OCH3 is 1. The summed E-state index contributed by atoms with van der Waals surface area (Å²) in [5.74, 6) is 0.742. The van der Waals surface area contributed by atoms with Gasteiger partial charge in [-0.05, 0) is 30.7 Å². The van der Waals surface area contributed by atoms with Gasteiger partial charge in [-0.15, -0.1) is 0 Å². The van der Waals surface area contributed by atoms with Gasteiger partial charge in [-0.25, -0.2) is 4.98 Å². The Morgan fingerprint density at radius 3 is 2.05 bits per heavy atom. The Kier molecular flexibility index (Phi) is 7.35. The average molecular weight is 552 g/mol. The molecule has 4 aromatic rings. The van der Waals surface area contributed by atoms with E-state index in [2.05, 4.69) is 4.98 Å². The molecule has 0 aliphatic carbocycles. The molecular weight excluding hydrogens is 530 g/mol. The zero-order chi connectivity index (χ0) is 28.6. The van der Waals surface area contributed by atoms with E-state index in [-0.39, 0.29) is 41.2 Å². The molecule has 3 aromatic carbocycles. The van der Waals surface area contributed by atoms with Gasteiger partial charge in [0, 0.05) is 18.1 Å². The van der Waals surface area contributed by atoms with E-state index in [1.807, 2.05) is 0 Å². The Hall–Kier alpha value is -4.06. The van der Waals surface area contributed by atoms with Crippen molar-refractivity contribution in [3.8, 4) is 17.2 Å². The second-order valence-corrected chi connectivity index (χ2v) is 8.54. The lowest BCUT2D eigenvalue weighted by molar-refractivity contribution is -0.376. The van der Waals surface area contributed by atoms with Gasteiger partial charge in [0.2, 0.25) is 0 Å². The number of fused-ring (bicyclic) bond motifs is 1. The second-order valence-electron chi connectivity index (χ2n) is 8.54. The van der Waals surface area contributed by atoms with E-state index < -0.39 is 29.1 Å². The Balaban J connectivity index is 1.95. The first-order valence-electron chi connectivity index (χ1n) is 11.6. The van der Waals surface area contributed by atoms with Gasteiger partial charge in [-0.1, -0.05) is 42.5 Å². The van der Waals surface area contributed by atoms with Gasteiger partial charge in [0.05, 0.1) is 30.3 Å². The van der Waals surface area contributed by atoms with Crippen molar-refractivity contribution in [2.45, 2.75) is 31.3 Å². The molecule has 1 N–H and O–H groups in total. The van der Waals surface area contributed by atoms with Crippen LogP contribution in [0.4, 0.5) is 26.3 Å². The third-order valence-electron chi connectivity index (χ3n) is 6.09. The highest BCUT2D eigenvalue weighted by molar-refractivity contribution is 5.82. The lowest BCUT2D eigenvalue weighted by atomic mass is 9.92. The van der Waals surface area contributed by atoms with Crippen LogP contribution >= 0.6 is 0 Å². The summed E-state index contributed by atoms with van der Waals surface area (Å²) in [6.45, 7) is 1.99. The molecule has 206 valence electrons. The summed E-state index contributed by atoms with van der Waals surface area (Å²) in [6, 6.07) is 14.5. The quantitative estimate of drug-likeness (QED) is 0.298. The molecule has 6 nitrogen and oxygen atoms in total. The van der Waals surface area contributed by atoms with Crippen molar-refractivity contribution in [1.82, 2.24) is 9.55 Å². The summed E-state index contributed by atoms with van der Waals surface area (Å²) in [5, 5.41) is 9.82. The molecule has 0 aliphatic heterocycles. The first kappa shape index (κ1) is 28.0. The number of hydrogen-bond acceptors (Lipinski definition) is 5. The van der Waals surface area contributed by atoms with Crippen molar-refractivity contribution >= 4 is 10.9 Å². The van der Waals surface area contributed by atoms with Crippen LogP contribution in [-0.2, 0) is 12.0 Å². The number of nitrogens with zero attached hydrogens (tertiary/aromatic N) is 2. The van der Waals surface area contributed by atoms with Gasteiger partial charge in [0.25, 0.3) is 11.2 Å². The van der Waals surface area contributed by atoms with Crippen molar-refractivity contribution < 1.29 is 40.9 Å². The van der Waals surface area contributed by atoms with Gasteiger partial charge in [-0.3, -0.25) is 9.36 Å². The van der Waals surface area contributed by atoms with Gasteiger partial charge in [-0.2, -0.15) is 26.3 Å². The minimum atomic E-state index is -6.04. The molecule has 0 atom stereocenters. The van der Waals surface area contributed by atoms with Crippen LogP contribution in [0.2, 0.25) is 0 Å². The normalized spacial score (nSPS) is 12.5. The Morgan fingerprint density at radius 1 is 0.897 bits per heavy atom. The van der Waals surface area contributed by atoms with Crippen LogP contribution in [0.1, 0.15) is 23.9 Å². The van der Waals surface area contributed by atoms with Crippen molar-refractivity contribution in [3.05, 3.63) is 94.0 Å². The number of benzene rings is 3. The minimum Gasteiger partial charge on any atom is -0.493 e. The molecule has 1 aromatic heterocycles. The maximum atomic E-state index is 13.7. The molecule has 0 saturated carbocycles. The lowest BCUT2D eigenvalue weighted by Gasteiger charge is -2.32. The van der Waals surface area contributed by atoms with Crippen molar-refractivity contribution in [2.75, 3.05) is 13.7 Å². The van der Waals surface area contributed by atoms with E-state index >= 15 is 0 Å². The van der Waals surface area contributed by atoms with E-state index in [4.69, 9.17) is 9.47 Å². The molecule has 0 aliphatic rings. The van der Waals surface area contributed by atoms with Gasteiger partial charge in [0.1, 0.15) is 5.82 Å². The van der Waals surface area contributed by atoms with Crippen LogP contribution in [0.5, 0.6) is 11.5 Å². The number of hydrogen-bond donors (Lipinski definition) is 1. The van der Waals surface area contributed by atoms with Crippen LogP contribution < -0.4 is 15.0 Å². The zero-order valence-corrected chi connectivity index (χ0v) is 20.6. The van der Waals surface area contributed by atoms with Crippen molar-refractivity contribution in [3.63, 3.8) is 0 Å². The molecular formula is C27H22F6N2O4. The molecule has 4 rings (SSSR count). The second kappa shape index (κ2) is 10.3. The molecule has 0 amide bonds. The zero-order valence-electron chi connectivity index (χ0n) is 20.6. The lowest BCUT2D eigenvalue weighted by Crippen LogP contribution is -2.53. The Labute approximate surface area is 218 Å². The fourth-order valence-corrected chi connectivity index (χ4v) is 4.17. The highest BCUT2D eigenvalue weighted by Crippen LogP contribution is 2.50. The number of alkyl halides is 6.